The molecule has 1 amide bonds. The summed E-state index contributed by atoms with van der Waals surface area (Å²) in [6.07, 6.45) is 6.16. The molecule has 6 aromatic rings. The number of anilines is 6. The van der Waals surface area contributed by atoms with Gasteiger partial charge in [0.15, 0.2) is 0 Å². The molecule has 15 heteroatoms. The number of fused-ring (bicyclic) bond motifs is 2. The van der Waals surface area contributed by atoms with Gasteiger partial charge in [-0.25, -0.2) is 19.9 Å². The first-order valence-corrected chi connectivity index (χ1v) is 13.2. The molecular formula is C30H26N12O3. The average Bonchev–Trinajstić information content (AvgIpc) is 3.01. The summed E-state index contributed by atoms with van der Waals surface area (Å²) in [4.78, 5) is 51.7. The van der Waals surface area contributed by atoms with E-state index in [1.807, 2.05) is 6.07 Å². The third kappa shape index (κ3) is 6.34. The number of aryl methyl sites for hydroxylation is 2. The van der Waals surface area contributed by atoms with E-state index in [1.165, 1.54) is 21.5 Å². The molecule has 6 aromatic heterocycles. The normalized spacial score (nSPS) is 10.5. The topological polar surface area (TPSA) is 239 Å². The minimum Gasteiger partial charge on any atom is -0.383 e. The lowest BCUT2D eigenvalue weighted by molar-refractivity contribution is 0.1000. The maximum Gasteiger partial charge on any atom is 0.261 e. The van der Waals surface area contributed by atoms with Gasteiger partial charge in [-0.15, -0.1) is 0 Å². The summed E-state index contributed by atoms with van der Waals surface area (Å²) in [5.74, 6) is 1.69. The maximum atomic E-state index is 12.1. The van der Waals surface area contributed by atoms with Crippen LogP contribution in [0.4, 0.5) is 34.9 Å². The largest absolute Gasteiger partial charge is 0.383 e. The Morgan fingerprint density at radius 3 is 1.64 bits per heavy atom. The van der Waals surface area contributed by atoms with Crippen LogP contribution in [0.25, 0.3) is 21.5 Å². The van der Waals surface area contributed by atoms with Crippen molar-refractivity contribution in [3.63, 3.8) is 0 Å². The minimum atomic E-state index is -0.548. The number of aromatic nitrogens is 6. The van der Waals surface area contributed by atoms with Gasteiger partial charge in [0.2, 0.25) is 5.91 Å². The van der Waals surface area contributed by atoms with Crippen molar-refractivity contribution < 1.29 is 4.79 Å². The Hall–Kier alpha value is -6.82. The summed E-state index contributed by atoms with van der Waals surface area (Å²) in [6.45, 7) is 0. The predicted octanol–water partition coefficient (Wildman–Crippen LogP) is 2.28. The second-order valence-corrected chi connectivity index (χ2v) is 9.77. The van der Waals surface area contributed by atoms with E-state index in [1.54, 1.807) is 75.0 Å². The zero-order chi connectivity index (χ0) is 32.2. The molecule has 15 nitrogen and oxygen atoms in total. The molecule has 0 fully saturated rings. The highest BCUT2D eigenvalue weighted by Gasteiger charge is 2.10. The lowest BCUT2D eigenvalue weighted by Gasteiger charge is -2.09. The number of nitrogens with one attached hydrogen (secondary N) is 2. The molecular weight excluding hydrogens is 576 g/mol. The van der Waals surface area contributed by atoms with Crippen LogP contribution in [-0.4, -0.2) is 35.0 Å². The lowest BCUT2D eigenvalue weighted by Crippen LogP contribution is -2.17. The van der Waals surface area contributed by atoms with Crippen molar-refractivity contribution in [2.45, 2.75) is 0 Å². The molecule has 0 radical (unpaired) electrons. The van der Waals surface area contributed by atoms with Crippen LogP contribution in [0.3, 0.4) is 0 Å². The smallest absolute Gasteiger partial charge is 0.261 e. The van der Waals surface area contributed by atoms with Crippen LogP contribution in [0.5, 0.6) is 0 Å². The molecule has 224 valence electrons. The van der Waals surface area contributed by atoms with Gasteiger partial charge < -0.3 is 37.0 Å². The highest BCUT2D eigenvalue weighted by atomic mass is 16.1. The van der Waals surface area contributed by atoms with Crippen molar-refractivity contribution in [2.24, 2.45) is 19.8 Å². The fourth-order valence-corrected chi connectivity index (χ4v) is 4.31. The number of nitriles is 1. The summed E-state index contributed by atoms with van der Waals surface area (Å²) in [5.41, 5.74) is 17.3. The molecule has 0 aromatic carbocycles. The van der Waals surface area contributed by atoms with Gasteiger partial charge in [0.1, 0.15) is 41.0 Å². The lowest BCUT2D eigenvalue weighted by atomic mass is 10.2. The van der Waals surface area contributed by atoms with Gasteiger partial charge in [-0.2, -0.15) is 5.26 Å². The maximum absolute atomic E-state index is 12.1. The number of nitrogens with two attached hydrogens (primary N) is 3. The van der Waals surface area contributed by atoms with Gasteiger partial charge >= 0.3 is 0 Å². The number of primary amides is 1. The minimum absolute atomic E-state index is 0.139. The van der Waals surface area contributed by atoms with E-state index in [2.05, 4.69) is 30.6 Å². The first kappa shape index (κ1) is 29.7. The number of carbonyl (C=O) groups excluding carboxylic acids is 1. The molecule has 0 aliphatic heterocycles. The summed E-state index contributed by atoms with van der Waals surface area (Å²) < 4.78 is 2.90. The van der Waals surface area contributed by atoms with Gasteiger partial charge in [0.05, 0.1) is 21.9 Å². The number of hydrogen-bond acceptors (Lipinski definition) is 12. The first-order valence-electron chi connectivity index (χ1n) is 13.2. The number of carbonyl (C=O) groups is 1. The van der Waals surface area contributed by atoms with E-state index in [4.69, 9.17) is 22.5 Å². The number of nitrogens with zero attached hydrogens (tertiary/aromatic N) is 7. The molecule has 45 heavy (non-hydrogen) atoms. The summed E-state index contributed by atoms with van der Waals surface area (Å²) in [5, 5.41) is 16.9. The van der Waals surface area contributed by atoms with Crippen molar-refractivity contribution in [1.82, 2.24) is 29.1 Å². The number of nitrogen functional groups attached to an aromatic ring is 2. The number of amides is 1. The number of rotatable bonds is 5. The zero-order valence-corrected chi connectivity index (χ0v) is 24.0. The second-order valence-electron chi connectivity index (χ2n) is 9.77. The van der Waals surface area contributed by atoms with Gasteiger partial charge in [-0.05, 0) is 59.3 Å². The molecule has 0 atom stereocenters. The van der Waals surface area contributed by atoms with Gasteiger partial charge in [0, 0.05) is 38.9 Å². The Kier molecular flexibility index (Phi) is 8.04. The predicted molar refractivity (Wildman–Crippen MR) is 171 cm³/mol. The third-order valence-corrected chi connectivity index (χ3v) is 6.63. The molecule has 0 aliphatic rings. The molecule has 0 saturated carbocycles. The highest BCUT2D eigenvalue weighted by Crippen LogP contribution is 2.23. The van der Waals surface area contributed by atoms with E-state index in [-0.39, 0.29) is 22.8 Å². The Balaban J connectivity index is 0.000000178. The average molecular weight is 603 g/mol. The molecule has 0 aliphatic carbocycles. The first-order chi connectivity index (χ1) is 21.5. The van der Waals surface area contributed by atoms with Crippen LogP contribution in [0.15, 0.2) is 82.9 Å². The third-order valence-electron chi connectivity index (χ3n) is 6.63. The Bertz CT molecular complexity index is 2240. The van der Waals surface area contributed by atoms with Crippen LogP contribution in [-0.2, 0) is 14.1 Å². The van der Waals surface area contributed by atoms with Crippen LogP contribution in [0.1, 0.15) is 15.9 Å². The van der Waals surface area contributed by atoms with Crippen LogP contribution in [0, 0.1) is 11.3 Å². The van der Waals surface area contributed by atoms with Crippen LogP contribution in [0.2, 0.25) is 0 Å². The van der Waals surface area contributed by atoms with E-state index >= 15 is 0 Å². The summed E-state index contributed by atoms with van der Waals surface area (Å²) in [7, 11) is 3.31. The highest BCUT2D eigenvalue weighted by molar-refractivity contribution is 5.94. The zero-order valence-electron chi connectivity index (χ0n) is 24.0. The van der Waals surface area contributed by atoms with Crippen molar-refractivity contribution in [2.75, 3.05) is 22.1 Å². The van der Waals surface area contributed by atoms with Gasteiger partial charge in [0.25, 0.3) is 11.1 Å². The van der Waals surface area contributed by atoms with Crippen molar-refractivity contribution >= 4 is 62.4 Å². The fourth-order valence-electron chi connectivity index (χ4n) is 4.31. The Labute approximate surface area is 254 Å². The van der Waals surface area contributed by atoms with E-state index in [0.29, 0.717) is 55.9 Å². The Morgan fingerprint density at radius 2 is 1.24 bits per heavy atom. The van der Waals surface area contributed by atoms with Crippen molar-refractivity contribution in [3.8, 4) is 6.07 Å². The molecule has 0 saturated heterocycles. The van der Waals surface area contributed by atoms with Crippen molar-refractivity contribution in [3.05, 3.63) is 105 Å². The van der Waals surface area contributed by atoms with Crippen molar-refractivity contribution in [1.29, 1.82) is 5.26 Å². The van der Waals surface area contributed by atoms with Crippen LogP contribution < -0.4 is 39.0 Å². The van der Waals surface area contributed by atoms with E-state index in [0.717, 1.165) is 0 Å². The standard InChI is InChI=1S/C15H14N6O2.C15H12N6O/c1-21-5-4-8-6-11(20-13(16)12(8)15(21)23)19-10-3-2-9(7-18-10)14(17)22;1-21-5-4-10-6-12(20-14(17)13(10)15(21)22)19-11-3-2-9(7-16)8-18-11/h2-7H,1H3,(H2,17,22)(H3,16,18,19,20);2-6,8H,1H3,(H3,17,18,19,20). The molecule has 0 unspecified atom stereocenters. The summed E-state index contributed by atoms with van der Waals surface area (Å²) in [6, 6.07) is 15.5. The molecule has 6 rings (SSSR count). The SMILES string of the molecule is Cn1ccc2cc(Nc3ccc(C#N)cn3)nc(N)c2c1=O.Cn1ccc2cc(Nc3ccc(C(N)=O)cn3)nc(N)c2c1=O. The monoisotopic (exact) mass is 602 g/mol. The molecule has 0 spiro atoms. The number of hydrogen-bond donors (Lipinski definition) is 5. The van der Waals surface area contributed by atoms with Crippen LogP contribution >= 0.6 is 0 Å². The molecule has 6 heterocycles. The fraction of sp³-hybridized carbons (Fsp3) is 0.0667. The van der Waals surface area contributed by atoms with E-state index in [9.17, 15) is 14.4 Å². The second kappa shape index (κ2) is 12.2. The Morgan fingerprint density at radius 1 is 0.756 bits per heavy atom. The quantitative estimate of drug-likeness (QED) is 0.191. The summed E-state index contributed by atoms with van der Waals surface area (Å²) >= 11 is 0. The van der Waals surface area contributed by atoms with Gasteiger partial charge in [-0.3, -0.25) is 14.4 Å². The molecule has 8 N–H and O–H groups in total. The van der Waals surface area contributed by atoms with Gasteiger partial charge in [-0.1, -0.05) is 0 Å². The number of pyridine rings is 6. The van der Waals surface area contributed by atoms with E-state index < -0.39 is 5.91 Å². The molecule has 0 bridgehead atoms.